The molecular formula is C19H22N2O5. The van der Waals surface area contributed by atoms with Crippen LogP contribution in [0.5, 0.6) is 11.5 Å². The normalized spacial score (nSPS) is 11.3. The van der Waals surface area contributed by atoms with Crippen molar-refractivity contribution < 1.29 is 23.8 Å². The van der Waals surface area contributed by atoms with Gasteiger partial charge in [-0.1, -0.05) is 30.3 Å². The largest absolute Gasteiger partial charge is 0.496 e. The summed E-state index contributed by atoms with van der Waals surface area (Å²) in [6.07, 6.45) is -0.450. The van der Waals surface area contributed by atoms with Crippen molar-refractivity contribution >= 4 is 17.5 Å². The van der Waals surface area contributed by atoms with E-state index in [0.29, 0.717) is 17.2 Å². The lowest BCUT2D eigenvalue weighted by Gasteiger charge is -2.19. The van der Waals surface area contributed by atoms with Gasteiger partial charge in [-0.25, -0.2) is 0 Å². The molecule has 0 saturated carbocycles. The van der Waals surface area contributed by atoms with Gasteiger partial charge >= 0.3 is 11.8 Å². The van der Waals surface area contributed by atoms with Crippen molar-refractivity contribution in [2.24, 2.45) is 0 Å². The van der Waals surface area contributed by atoms with Crippen molar-refractivity contribution in [3.8, 4) is 11.5 Å². The summed E-state index contributed by atoms with van der Waals surface area (Å²) in [6, 6.07) is 14.2. The summed E-state index contributed by atoms with van der Waals surface area (Å²) in [6.45, 7) is 0.120. The summed E-state index contributed by atoms with van der Waals surface area (Å²) in [4.78, 5) is 24.2. The Morgan fingerprint density at radius 1 is 0.885 bits per heavy atom. The average Bonchev–Trinajstić information content (AvgIpc) is 2.68. The number of hydrogen-bond donors (Lipinski definition) is 2. The van der Waals surface area contributed by atoms with Crippen molar-refractivity contribution in [2.45, 2.75) is 6.10 Å². The van der Waals surface area contributed by atoms with E-state index in [1.165, 1.54) is 14.2 Å². The van der Waals surface area contributed by atoms with Gasteiger partial charge in [0.25, 0.3) is 0 Å². The standard InChI is InChI=1S/C19H22N2O5/c1-24-15-10-6-4-8-13(15)17(26-3)12-20-18(22)19(23)21-14-9-5-7-11-16(14)25-2/h4-11,17H,12H2,1-3H3,(H,20,22)(H,21,23). The molecule has 1 unspecified atom stereocenters. The molecule has 7 heteroatoms. The van der Waals surface area contributed by atoms with Crippen LogP contribution in [0, 0.1) is 0 Å². The van der Waals surface area contributed by atoms with Crippen molar-refractivity contribution in [3.05, 3.63) is 54.1 Å². The minimum atomic E-state index is -0.788. The fourth-order valence-corrected chi connectivity index (χ4v) is 2.45. The lowest BCUT2D eigenvalue weighted by atomic mass is 10.1. The first-order valence-corrected chi connectivity index (χ1v) is 7.98. The van der Waals surface area contributed by atoms with Crippen LogP contribution in [0.2, 0.25) is 0 Å². The second-order valence-corrected chi connectivity index (χ2v) is 5.33. The molecule has 0 heterocycles. The minimum Gasteiger partial charge on any atom is -0.496 e. The van der Waals surface area contributed by atoms with Crippen LogP contribution in [0.4, 0.5) is 5.69 Å². The van der Waals surface area contributed by atoms with Gasteiger partial charge < -0.3 is 24.8 Å². The van der Waals surface area contributed by atoms with Gasteiger partial charge in [0, 0.05) is 19.2 Å². The minimum absolute atomic E-state index is 0.120. The Hall–Kier alpha value is -3.06. The number of rotatable bonds is 7. The van der Waals surface area contributed by atoms with Crippen molar-refractivity contribution in [2.75, 3.05) is 33.2 Å². The van der Waals surface area contributed by atoms with E-state index in [0.717, 1.165) is 5.56 Å². The highest BCUT2D eigenvalue weighted by Gasteiger charge is 2.20. The van der Waals surface area contributed by atoms with Crippen molar-refractivity contribution in [1.29, 1.82) is 0 Å². The maximum absolute atomic E-state index is 12.1. The summed E-state index contributed by atoms with van der Waals surface area (Å²) >= 11 is 0. The maximum Gasteiger partial charge on any atom is 0.313 e. The molecule has 7 nitrogen and oxygen atoms in total. The Bertz CT molecular complexity index is 763. The molecule has 2 aromatic rings. The van der Waals surface area contributed by atoms with Gasteiger partial charge in [-0.15, -0.1) is 0 Å². The smallest absolute Gasteiger partial charge is 0.313 e. The molecule has 0 saturated heterocycles. The number of hydrogen-bond acceptors (Lipinski definition) is 5. The topological polar surface area (TPSA) is 85.9 Å². The molecule has 0 fully saturated rings. The number of para-hydroxylation sites is 3. The number of ether oxygens (including phenoxy) is 3. The summed E-state index contributed by atoms with van der Waals surface area (Å²) in [5.74, 6) is -0.443. The van der Waals surface area contributed by atoms with E-state index in [-0.39, 0.29) is 6.54 Å². The van der Waals surface area contributed by atoms with Gasteiger partial charge in [0.05, 0.1) is 19.9 Å². The van der Waals surface area contributed by atoms with Crippen LogP contribution in [0.3, 0.4) is 0 Å². The predicted molar refractivity (Wildman–Crippen MR) is 97.4 cm³/mol. The number of amides is 2. The van der Waals surface area contributed by atoms with Gasteiger partial charge in [-0.05, 0) is 18.2 Å². The Balaban J connectivity index is 1.99. The molecule has 2 N–H and O–H groups in total. The molecular weight excluding hydrogens is 336 g/mol. The van der Waals surface area contributed by atoms with Crippen LogP contribution < -0.4 is 20.1 Å². The molecule has 0 aliphatic carbocycles. The summed E-state index contributed by atoms with van der Waals surface area (Å²) in [5.41, 5.74) is 1.20. The SMILES string of the molecule is COc1ccccc1NC(=O)C(=O)NCC(OC)c1ccccc1OC. The third-order valence-corrected chi connectivity index (χ3v) is 3.78. The van der Waals surface area contributed by atoms with Gasteiger partial charge in [0.1, 0.15) is 17.6 Å². The molecule has 0 aliphatic rings. The molecule has 2 rings (SSSR count). The number of anilines is 1. The zero-order valence-corrected chi connectivity index (χ0v) is 14.9. The third kappa shape index (κ3) is 4.73. The van der Waals surface area contributed by atoms with Crippen molar-refractivity contribution in [1.82, 2.24) is 5.32 Å². The molecule has 0 radical (unpaired) electrons. The summed E-state index contributed by atoms with van der Waals surface area (Å²) in [5, 5.41) is 5.09. The summed E-state index contributed by atoms with van der Waals surface area (Å²) < 4.78 is 15.9. The fourth-order valence-electron chi connectivity index (χ4n) is 2.45. The van der Waals surface area contributed by atoms with Gasteiger partial charge in [0.2, 0.25) is 0 Å². The Morgan fingerprint density at radius 2 is 1.50 bits per heavy atom. The van der Waals surface area contributed by atoms with E-state index in [1.807, 2.05) is 18.2 Å². The predicted octanol–water partition coefficient (Wildman–Crippen LogP) is 2.15. The second-order valence-electron chi connectivity index (χ2n) is 5.33. The molecule has 26 heavy (non-hydrogen) atoms. The fraction of sp³-hybridized carbons (Fsp3) is 0.263. The molecule has 0 spiro atoms. The first-order valence-electron chi connectivity index (χ1n) is 7.98. The quantitative estimate of drug-likeness (QED) is 0.741. The molecule has 0 aliphatic heterocycles. The summed E-state index contributed by atoms with van der Waals surface area (Å²) in [7, 11) is 4.57. The van der Waals surface area contributed by atoms with Gasteiger partial charge in [-0.2, -0.15) is 0 Å². The Labute approximate surface area is 152 Å². The number of carbonyl (C=O) groups is 2. The van der Waals surface area contributed by atoms with Crippen LogP contribution in [0.25, 0.3) is 0 Å². The van der Waals surface area contributed by atoms with Crippen LogP contribution in [-0.2, 0) is 14.3 Å². The van der Waals surface area contributed by atoms with E-state index in [1.54, 1.807) is 37.4 Å². The molecule has 138 valence electrons. The lowest BCUT2D eigenvalue weighted by molar-refractivity contribution is -0.136. The Morgan fingerprint density at radius 3 is 2.15 bits per heavy atom. The van der Waals surface area contributed by atoms with Gasteiger partial charge in [-0.3, -0.25) is 9.59 Å². The Kier molecular flexibility index (Phi) is 6.99. The van der Waals surface area contributed by atoms with Crippen LogP contribution in [0.15, 0.2) is 48.5 Å². The van der Waals surface area contributed by atoms with Crippen LogP contribution in [-0.4, -0.2) is 39.7 Å². The number of methoxy groups -OCH3 is 3. The van der Waals surface area contributed by atoms with Crippen LogP contribution in [0.1, 0.15) is 11.7 Å². The highest BCUT2D eigenvalue weighted by molar-refractivity contribution is 6.39. The zero-order chi connectivity index (χ0) is 18.9. The zero-order valence-electron chi connectivity index (χ0n) is 14.9. The molecule has 2 aromatic carbocycles. The first-order chi connectivity index (χ1) is 12.6. The first kappa shape index (κ1) is 19.3. The monoisotopic (exact) mass is 358 g/mol. The van der Waals surface area contributed by atoms with Crippen molar-refractivity contribution in [3.63, 3.8) is 0 Å². The second kappa shape index (κ2) is 9.43. The maximum atomic E-state index is 12.1. The third-order valence-electron chi connectivity index (χ3n) is 3.78. The van der Waals surface area contributed by atoms with E-state index in [9.17, 15) is 9.59 Å². The number of nitrogens with one attached hydrogen (secondary N) is 2. The van der Waals surface area contributed by atoms with Gasteiger partial charge in [0.15, 0.2) is 0 Å². The highest BCUT2D eigenvalue weighted by atomic mass is 16.5. The molecule has 0 aromatic heterocycles. The van der Waals surface area contributed by atoms with E-state index < -0.39 is 17.9 Å². The van der Waals surface area contributed by atoms with E-state index in [4.69, 9.17) is 14.2 Å². The highest BCUT2D eigenvalue weighted by Crippen LogP contribution is 2.26. The molecule has 0 bridgehead atoms. The molecule has 2 amide bonds. The number of carbonyl (C=O) groups excluding carboxylic acids is 2. The van der Waals surface area contributed by atoms with E-state index in [2.05, 4.69) is 10.6 Å². The molecule has 1 atom stereocenters. The lowest BCUT2D eigenvalue weighted by Crippen LogP contribution is -2.38. The average molecular weight is 358 g/mol. The van der Waals surface area contributed by atoms with E-state index >= 15 is 0 Å². The van der Waals surface area contributed by atoms with Crippen LogP contribution >= 0.6 is 0 Å². The number of benzene rings is 2.